The lowest BCUT2D eigenvalue weighted by Crippen LogP contribution is -2.19. The molecule has 152 valence electrons. The lowest BCUT2D eigenvalue weighted by Gasteiger charge is -2.13. The molecule has 29 heavy (non-hydrogen) atoms. The maximum Gasteiger partial charge on any atom is 0.264 e. The number of rotatable bonds is 7. The zero-order valence-electron chi connectivity index (χ0n) is 16.3. The van der Waals surface area contributed by atoms with Crippen molar-refractivity contribution in [2.45, 2.75) is 13.8 Å². The van der Waals surface area contributed by atoms with Crippen molar-refractivity contribution in [3.05, 3.63) is 51.3 Å². The van der Waals surface area contributed by atoms with E-state index < -0.39 is 0 Å². The lowest BCUT2D eigenvalue weighted by molar-refractivity contribution is -0.115. The van der Waals surface area contributed by atoms with Gasteiger partial charge in [-0.2, -0.15) is 0 Å². The van der Waals surface area contributed by atoms with Gasteiger partial charge in [-0.25, -0.2) is 4.99 Å². The van der Waals surface area contributed by atoms with Crippen LogP contribution in [0, 0.1) is 0 Å². The first kappa shape index (κ1) is 21.3. The number of carbonyl (C=O) groups is 1. The number of benzene rings is 2. The van der Waals surface area contributed by atoms with Crippen LogP contribution < -0.4 is 19.5 Å². The summed E-state index contributed by atoms with van der Waals surface area (Å²) in [5.74, 6) is 1.86. The lowest BCUT2D eigenvalue weighted by atomic mass is 10.2. The Balaban J connectivity index is 1.85. The third kappa shape index (κ3) is 5.33. The molecule has 1 aliphatic rings. The van der Waals surface area contributed by atoms with Gasteiger partial charge >= 0.3 is 0 Å². The van der Waals surface area contributed by atoms with Crippen molar-refractivity contribution in [1.82, 2.24) is 5.32 Å². The van der Waals surface area contributed by atoms with E-state index in [1.807, 2.05) is 50.2 Å². The summed E-state index contributed by atoms with van der Waals surface area (Å²) < 4.78 is 17.3. The van der Waals surface area contributed by atoms with Crippen LogP contribution in [0.5, 0.6) is 17.2 Å². The monoisotopic (exact) mass is 476 g/mol. The molecule has 1 fully saturated rings. The zero-order chi connectivity index (χ0) is 20.8. The van der Waals surface area contributed by atoms with Gasteiger partial charge < -0.3 is 19.5 Å². The number of aliphatic imine (C=N–C) groups is 1. The molecule has 0 radical (unpaired) electrons. The number of halogens is 1. The predicted molar refractivity (Wildman–Crippen MR) is 120 cm³/mol. The highest BCUT2D eigenvalue weighted by molar-refractivity contribution is 9.10. The minimum absolute atomic E-state index is 0.194. The van der Waals surface area contributed by atoms with E-state index in [0.717, 1.165) is 21.5 Å². The topological polar surface area (TPSA) is 69.2 Å². The van der Waals surface area contributed by atoms with E-state index in [4.69, 9.17) is 14.2 Å². The molecule has 0 bridgehead atoms. The van der Waals surface area contributed by atoms with Crippen LogP contribution in [0.15, 0.2) is 50.8 Å². The largest absolute Gasteiger partial charge is 0.497 e. The molecular weight excluding hydrogens is 456 g/mol. The molecule has 0 unspecified atom stereocenters. The Morgan fingerprint density at radius 1 is 1.10 bits per heavy atom. The molecule has 2 aromatic rings. The fourth-order valence-corrected chi connectivity index (χ4v) is 3.86. The number of hydrogen-bond donors (Lipinski definition) is 1. The zero-order valence-corrected chi connectivity index (χ0v) is 18.7. The third-order valence-corrected chi connectivity index (χ3v) is 5.50. The average Bonchev–Trinajstić information content (AvgIpc) is 3.05. The van der Waals surface area contributed by atoms with Crippen molar-refractivity contribution in [2.24, 2.45) is 4.99 Å². The van der Waals surface area contributed by atoms with Gasteiger partial charge in [0.1, 0.15) is 5.75 Å². The van der Waals surface area contributed by atoms with Crippen molar-refractivity contribution in [1.29, 1.82) is 0 Å². The van der Waals surface area contributed by atoms with E-state index >= 15 is 0 Å². The molecule has 1 aliphatic heterocycles. The standard InChI is InChI=1S/C21H21BrN2O4S/c1-4-27-17-10-13(16(22)12-18(17)28-5-2)11-19-20(25)24-21(29-19)23-14-6-8-15(26-3)9-7-14/h6-12H,4-5H2,1-3H3,(H,23,24,25)/b19-11+. The number of thioether (sulfide) groups is 1. The smallest absolute Gasteiger partial charge is 0.264 e. The molecule has 0 spiro atoms. The Hall–Kier alpha value is -2.45. The number of methoxy groups -OCH3 is 1. The third-order valence-electron chi connectivity index (χ3n) is 3.90. The number of nitrogens with zero attached hydrogens (tertiary/aromatic N) is 1. The van der Waals surface area contributed by atoms with Crippen LogP contribution in [-0.2, 0) is 4.79 Å². The molecule has 6 nitrogen and oxygen atoms in total. The number of carbonyl (C=O) groups excluding carboxylic acids is 1. The Morgan fingerprint density at radius 3 is 2.38 bits per heavy atom. The fourth-order valence-electron chi connectivity index (χ4n) is 2.59. The molecule has 1 saturated heterocycles. The van der Waals surface area contributed by atoms with Crippen molar-refractivity contribution in [2.75, 3.05) is 20.3 Å². The van der Waals surface area contributed by atoms with Crippen LogP contribution in [0.3, 0.4) is 0 Å². The van der Waals surface area contributed by atoms with Crippen molar-refractivity contribution in [3.8, 4) is 17.2 Å². The van der Waals surface area contributed by atoms with Crippen LogP contribution in [0.2, 0.25) is 0 Å². The first-order valence-electron chi connectivity index (χ1n) is 9.06. The summed E-state index contributed by atoms with van der Waals surface area (Å²) in [5.41, 5.74) is 1.55. The Kier molecular flexibility index (Phi) is 7.22. The maximum atomic E-state index is 12.4. The fraction of sp³-hybridized carbons (Fsp3) is 0.238. The molecular formula is C21H21BrN2O4S. The average molecular weight is 477 g/mol. The van der Waals surface area contributed by atoms with E-state index in [9.17, 15) is 4.79 Å². The van der Waals surface area contributed by atoms with E-state index in [1.54, 1.807) is 13.2 Å². The van der Waals surface area contributed by atoms with Crippen LogP contribution in [-0.4, -0.2) is 31.4 Å². The molecule has 0 aliphatic carbocycles. The predicted octanol–water partition coefficient (Wildman–Crippen LogP) is 5.15. The number of nitrogens with one attached hydrogen (secondary N) is 1. The number of amidine groups is 1. The van der Waals surface area contributed by atoms with Gasteiger partial charge in [-0.3, -0.25) is 4.79 Å². The minimum atomic E-state index is -0.194. The summed E-state index contributed by atoms with van der Waals surface area (Å²) >= 11 is 4.84. The van der Waals surface area contributed by atoms with E-state index in [2.05, 4.69) is 26.2 Å². The normalized spacial score (nSPS) is 16.2. The summed E-state index contributed by atoms with van der Waals surface area (Å²) in [6.07, 6.45) is 1.80. The first-order chi connectivity index (χ1) is 14.0. The highest BCUT2D eigenvalue weighted by Gasteiger charge is 2.24. The highest BCUT2D eigenvalue weighted by Crippen LogP contribution is 2.37. The maximum absolute atomic E-state index is 12.4. The summed E-state index contributed by atoms with van der Waals surface area (Å²) in [6.45, 7) is 4.89. The Labute approximate surface area is 182 Å². The molecule has 8 heteroatoms. The molecule has 2 aromatic carbocycles. The van der Waals surface area contributed by atoms with E-state index in [0.29, 0.717) is 34.8 Å². The molecule has 3 rings (SSSR count). The van der Waals surface area contributed by atoms with Gasteiger partial charge in [0.25, 0.3) is 5.91 Å². The van der Waals surface area contributed by atoms with Crippen molar-refractivity contribution in [3.63, 3.8) is 0 Å². The van der Waals surface area contributed by atoms with Crippen LogP contribution >= 0.6 is 27.7 Å². The Morgan fingerprint density at radius 2 is 1.76 bits per heavy atom. The van der Waals surface area contributed by atoms with Gasteiger partial charge in [-0.1, -0.05) is 15.9 Å². The molecule has 1 N–H and O–H groups in total. The molecule has 0 atom stereocenters. The number of hydrogen-bond acceptors (Lipinski definition) is 6. The van der Waals surface area contributed by atoms with Gasteiger partial charge in [0.15, 0.2) is 16.7 Å². The van der Waals surface area contributed by atoms with Crippen LogP contribution in [0.25, 0.3) is 6.08 Å². The van der Waals surface area contributed by atoms with Gasteiger partial charge in [0.05, 0.1) is 30.9 Å². The summed E-state index contributed by atoms with van der Waals surface area (Å²) in [4.78, 5) is 17.4. The van der Waals surface area contributed by atoms with Gasteiger partial charge in [0, 0.05) is 4.47 Å². The van der Waals surface area contributed by atoms with Gasteiger partial charge in [0.2, 0.25) is 0 Å². The van der Waals surface area contributed by atoms with E-state index in [-0.39, 0.29) is 5.91 Å². The van der Waals surface area contributed by atoms with Gasteiger partial charge in [-0.15, -0.1) is 0 Å². The summed E-state index contributed by atoms with van der Waals surface area (Å²) in [7, 11) is 1.61. The highest BCUT2D eigenvalue weighted by atomic mass is 79.9. The minimum Gasteiger partial charge on any atom is -0.497 e. The number of ether oxygens (including phenoxy) is 3. The van der Waals surface area contributed by atoms with Crippen LogP contribution in [0.1, 0.15) is 19.4 Å². The van der Waals surface area contributed by atoms with Crippen molar-refractivity contribution < 1.29 is 19.0 Å². The summed E-state index contributed by atoms with van der Waals surface area (Å²) in [6, 6.07) is 11.0. The molecule has 0 saturated carbocycles. The summed E-state index contributed by atoms with van der Waals surface area (Å²) in [5, 5.41) is 3.32. The van der Waals surface area contributed by atoms with Gasteiger partial charge in [-0.05, 0) is 73.6 Å². The second-order valence-corrected chi connectivity index (χ2v) is 7.75. The Bertz CT molecular complexity index is 958. The molecule has 1 amide bonds. The van der Waals surface area contributed by atoms with Crippen LogP contribution in [0.4, 0.5) is 5.69 Å². The van der Waals surface area contributed by atoms with E-state index in [1.165, 1.54) is 11.8 Å². The molecule has 0 aromatic heterocycles. The SMILES string of the molecule is CCOc1cc(Br)c(/C=C2/SC(=Nc3ccc(OC)cc3)NC2=O)cc1OCC. The first-order valence-corrected chi connectivity index (χ1v) is 10.7. The second kappa shape index (κ2) is 9.84. The quantitative estimate of drug-likeness (QED) is 0.559. The molecule has 1 heterocycles. The van der Waals surface area contributed by atoms with Crippen molar-refractivity contribution >= 4 is 50.5 Å². The second-order valence-electron chi connectivity index (χ2n) is 5.87. The number of amides is 1.